The first-order valence-corrected chi connectivity index (χ1v) is 8.53. The zero-order chi connectivity index (χ0) is 18.7. The van der Waals surface area contributed by atoms with Gasteiger partial charge < -0.3 is 20.1 Å². The zero-order valence-electron chi connectivity index (χ0n) is 14.5. The van der Waals surface area contributed by atoms with E-state index in [1.54, 1.807) is 56.3 Å². The van der Waals surface area contributed by atoms with Crippen LogP contribution in [0.15, 0.2) is 42.5 Å². The first-order valence-electron chi connectivity index (χ1n) is 8.15. The quantitative estimate of drug-likeness (QED) is 0.800. The Bertz CT molecular complexity index is 851. The van der Waals surface area contributed by atoms with Gasteiger partial charge in [-0.25, -0.2) is 0 Å². The maximum absolute atomic E-state index is 12.6. The van der Waals surface area contributed by atoms with Crippen molar-refractivity contribution in [3.8, 4) is 11.5 Å². The molecule has 2 aromatic rings. The summed E-state index contributed by atoms with van der Waals surface area (Å²) >= 11 is 6.05. The van der Waals surface area contributed by atoms with Crippen LogP contribution in [0.4, 0.5) is 11.4 Å². The monoisotopic (exact) mass is 374 g/mol. The third-order valence-electron chi connectivity index (χ3n) is 4.06. The van der Waals surface area contributed by atoms with Crippen molar-refractivity contribution in [2.45, 2.75) is 13.8 Å². The van der Waals surface area contributed by atoms with Crippen molar-refractivity contribution in [3.05, 3.63) is 47.5 Å². The van der Waals surface area contributed by atoms with Crippen molar-refractivity contribution >= 4 is 34.8 Å². The van der Waals surface area contributed by atoms with E-state index >= 15 is 0 Å². The summed E-state index contributed by atoms with van der Waals surface area (Å²) in [6, 6.07) is 12.0. The van der Waals surface area contributed by atoms with E-state index in [4.69, 9.17) is 21.1 Å². The fourth-order valence-electron chi connectivity index (χ4n) is 2.35. The van der Waals surface area contributed by atoms with Crippen LogP contribution < -0.4 is 20.1 Å². The molecule has 1 heterocycles. The summed E-state index contributed by atoms with van der Waals surface area (Å²) < 4.78 is 11.0. The number of para-hydroxylation sites is 1. The lowest BCUT2D eigenvalue weighted by Gasteiger charge is -2.24. The maximum atomic E-state index is 12.6. The SMILES string of the molecule is CC(C)(C(=O)Nc1ccc2c(c1)OCCO2)C(=O)Nc1ccccc1Cl. The lowest BCUT2D eigenvalue weighted by molar-refractivity contribution is -0.135. The van der Waals surface area contributed by atoms with Crippen molar-refractivity contribution in [1.82, 2.24) is 0 Å². The predicted molar refractivity (Wildman–Crippen MR) is 99.9 cm³/mol. The normalized spacial score (nSPS) is 13.0. The van der Waals surface area contributed by atoms with Crippen molar-refractivity contribution in [1.29, 1.82) is 0 Å². The van der Waals surface area contributed by atoms with Crippen LogP contribution in [0.25, 0.3) is 0 Å². The molecule has 7 heteroatoms. The van der Waals surface area contributed by atoms with Gasteiger partial charge in [0.2, 0.25) is 11.8 Å². The van der Waals surface area contributed by atoms with Crippen LogP contribution in [0.2, 0.25) is 5.02 Å². The van der Waals surface area contributed by atoms with Crippen LogP contribution in [0.3, 0.4) is 0 Å². The topological polar surface area (TPSA) is 76.7 Å². The van der Waals surface area contributed by atoms with E-state index in [2.05, 4.69) is 10.6 Å². The van der Waals surface area contributed by atoms with E-state index in [1.807, 2.05) is 0 Å². The Labute approximate surface area is 156 Å². The fraction of sp³-hybridized carbons (Fsp3) is 0.263. The minimum absolute atomic E-state index is 0.406. The molecule has 2 aromatic carbocycles. The Morgan fingerprint density at radius 1 is 0.962 bits per heavy atom. The molecule has 3 rings (SSSR count). The predicted octanol–water partition coefficient (Wildman–Crippen LogP) is 3.71. The number of benzene rings is 2. The molecule has 26 heavy (non-hydrogen) atoms. The van der Waals surface area contributed by atoms with Gasteiger partial charge in [0.05, 0.1) is 10.7 Å². The minimum Gasteiger partial charge on any atom is -0.486 e. The molecule has 0 atom stereocenters. The molecular weight excluding hydrogens is 356 g/mol. The Balaban J connectivity index is 1.71. The molecule has 0 fully saturated rings. The van der Waals surface area contributed by atoms with Crippen molar-refractivity contribution in [3.63, 3.8) is 0 Å². The number of hydrogen-bond acceptors (Lipinski definition) is 4. The standard InChI is InChI=1S/C19H19ClN2O4/c1-19(2,18(24)22-14-6-4-3-5-13(14)20)17(23)21-12-7-8-15-16(11-12)26-10-9-25-15/h3-8,11H,9-10H2,1-2H3,(H,21,23)(H,22,24). The number of nitrogens with one attached hydrogen (secondary N) is 2. The summed E-state index contributed by atoms with van der Waals surface area (Å²) in [7, 11) is 0. The number of ether oxygens (including phenoxy) is 2. The van der Waals surface area contributed by atoms with Crippen LogP contribution in [0.5, 0.6) is 11.5 Å². The number of fused-ring (bicyclic) bond motifs is 1. The second-order valence-corrected chi connectivity index (χ2v) is 6.78. The molecule has 1 aliphatic heterocycles. The summed E-state index contributed by atoms with van der Waals surface area (Å²) in [4.78, 5) is 25.2. The van der Waals surface area contributed by atoms with Gasteiger partial charge in [0.25, 0.3) is 0 Å². The van der Waals surface area contributed by atoms with Gasteiger partial charge in [-0.15, -0.1) is 0 Å². The Morgan fingerprint density at radius 2 is 1.62 bits per heavy atom. The summed E-state index contributed by atoms with van der Waals surface area (Å²) in [6.45, 7) is 4.04. The molecule has 1 aliphatic rings. The molecule has 0 bridgehead atoms. The fourth-order valence-corrected chi connectivity index (χ4v) is 2.54. The summed E-state index contributed by atoms with van der Waals surface area (Å²) in [5, 5.41) is 5.84. The van der Waals surface area contributed by atoms with Crippen LogP contribution >= 0.6 is 11.6 Å². The van der Waals surface area contributed by atoms with E-state index < -0.39 is 17.2 Å². The summed E-state index contributed by atoms with van der Waals surface area (Å²) in [5.74, 6) is 0.289. The molecule has 0 aromatic heterocycles. The molecule has 136 valence electrons. The van der Waals surface area contributed by atoms with Gasteiger partial charge in [-0.05, 0) is 38.1 Å². The maximum Gasteiger partial charge on any atom is 0.239 e. The van der Waals surface area contributed by atoms with Gasteiger partial charge in [0, 0.05) is 11.8 Å². The molecular formula is C19H19ClN2O4. The van der Waals surface area contributed by atoms with Gasteiger partial charge >= 0.3 is 0 Å². The third-order valence-corrected chi connectivity index (χ3v) is 4.39. The van der Waals surface area contributed by atoms with E-state index in [1.165, 1.54) is 0 Å². The number of anilines is 2. The zero-order valence-corrected chi connectivity index (χ0v) is 15.2. The van der Waals surface area contributed by atoms with Crippen LogP contribution in [0, 0.1) is 5.41 Å². The van der Waals surface area contributed by atoms with Crippen LogP contribution in [-0.2, 0) is 9.59 Å². The molecule has 0 aliphatic carbocycles. The highest BCUT2D eigenvalue weighted by Crippen LogP contribution is 2.33. The highest BCUT2D eigenvalue weighted by molar-refractivity contribution is 6.34. The van der Waals surface area contributed by atoms with Gasteiger partial charge in [-0.2, -0.15) is 0 Å². The number of amides is 2. The van der Waals surface area contributed by atoms with E-state index in [9.17, 15) is 9.59 Å². The molecule has 2 amide bonds. The Kier molecular flexibility index (Phi) is 5.04. The van der Waals surface area contributed by atoms with Gasteiger partial charge in [0.15, 0.2) is 11.5 Å². The van der Waals surface area contributed by atoms with Crippen LogP contribution in [-0.4, -0.2) is 25.0 Å². The lowest BCUT2D eigenvalue weighted by Crippen LogP contribution is -2.41. The average Bonchev–Trinajstić information content (AvgIpc) is 2.63. The van der Waals surface area contributed by atoms with Crippen molar-refractivity contribution < 1.29 is 19.1 Å². The number of halogens is 1. The Morgan fingerprint density at radius 3 is 2.35 bits per heavy atom. The number of rotatable bonds is 4. The third kappa shape index (κ3) is 3.75. The van der Waals surface area contributed by atoms with Gasteiger partial charge in [-0.1, -0.05) is 23.7 Å². The minimum atomic E-state index is -1.31. The molecule has 0 radical (unpaired) electrons. The molecule has 0 saturated heterocycles. The van der Waals surface area contributed by atoms with Crippen molar-refractivity contribution in [2.24, 2.45) is 5.41 Å². The highest BCUT2D eigenvalue weighted by atomic mass is 35.5. The molecule has 0 saturated carbocycles. The molecule has 0 unspecified atom stereocenters. The lowest BCUT2D eigenvalue weighted by atomic mass is 9.90. The largest absolute Gasteiger partial charge is 0.486 e. The number of carbonyl (C=O) groups is 2. The summed E-state index contributed by atoms with van der Waals surface area (Å²) in [5.41, 5.74) is -0.330. The van der Waals surface area contributed by atoms with Gasteiger partial charge in [-0.3, -0.25) is 9.59 Å². The molecule has 6 nitrogen and oxygen atoms in total. The first-order chi connectivity index (χ1) is 12.4. The number of hydrogen-bond donors (Lipinski definition) is 2. The van der Waals surface area contributed by atoms with Gasteiger partial charge in [0.1, 0.15) is 18.6 Å². The first kappa shape index (κ1) is 18.1. The smallest absolute Gasteiger partial charge is 0.239 e. The van der Waals surface area contributed by atoms with E-state index in [0.29, 0.717) is 41.1 Å². The second-order valence-electron chi connectivity index (χ2n) is 6.37. The van der Waals surface area contributed by atoms with Crippen LogP contribution in [0.1, 0.15) is 13.8 Å². The second kappa shape index (κ2) is 7.25. The Hall–Kier alpha value is -2.73. The van der Waals surface area contributed by atoms with E-state index in [0.717, 1.165) is 0 Å². The van der Waals surface area contributed by atoms with E-state index in [-0.39, 0.29) is 0 Å². The number of carbonyl (C=O) groups excluding carboxylic acids is 2. The average molecular weight is 375 g/mol. The molecule has 0 spiro atoms. The summed E-state index contributed by atoms with van der Waals surface area (Å²) in [6.07, 6.45) is 0. The highest BCUT2D eigenvalue weighted by Gasteiger charge is 2.36. The van der Waals surface area contributed by atoms with Crippen molar-refractivity contribution in [2.75, 3.05) is 23.8 Å². The molecule has 2 N–H and O–H groups in total.